The second-order valence-corrected chi connectivity index (χ2v) is 6.24. The van der Waals surface area contributed by atoms with Gasteiger partial charge < -0.3 is 15.2 Å². The molecule has 0 radical (unpaired) electrons. The van der Waals surface area contributed by atoms with E-state index in [4.69, 9.17) is 20.0 Å². The van der Waals surface area contributed by atoms with Crippen LogP contribution in [0.2, 0.25) is 0 Å². The van der Waals surface area contributed by atoms with Crippen molar-refractivity contribution in [2.75, 3.05) is 12.4 Å². The first-order valence-electron chi connectivity index (χ1n) is 8.87. The Morgan fingerprint density at radius 3 is 2.56 bits per heavy atom. The van der Waals surface area contributed by atoms with Crippen molar-refractivity contribution in [2.45, 2.75) is 31.8 Å². The van der Waals surface area contributed by atoms with E-state index in [0.717, 1.165) is 12.8 Å². The number of anilines is 1. The summed E-state index contributed by atoms with van der Waals surface area (Å²) in [6.45, 7) is 0. The summed E-state index contributed by atoms with van der Waals surface area (Å²) >= 11 is 0. The van der Waals surface area contributed by atoms with Crippen molar-refractivity contribution in [1.82, 2.24) is 0 Å². The summed E-state index contributed by atoms with van der Waals surface area (Å²) in [5.41, 5.74) is 7.14. The molecule has 1 saturated carbocycles. The van der Waals surface area contributed by atoms with Crippen LogP contribution in [-0.4, -0.2) is 25.1 Å². The molecule has 1 aliphatic carbocycles. The van der Waals surface area contributed by atoms with Crippen LogP contribution in [0.15, 0.2) is 53.7 Å². The highest BCUT2D eigenvalue weighted by Crippen LogP contribution is 2.32. The molecule has 0 spiro atoms. The van der Waals surface area contributed by atoms with Crippen LogP contribution in [0.4, 0.5) is 10.5 Å². The quantitative estimate of drug-likeness (QED) is 0.349. The molecule has 0 unspecified atom stereocenters. The Hall–Kier alpha value is -3.22. The monoisotopic (exact) mass is 369 g/mol. The summed E-state index contributed by atoms with van der Waals surface area (Å²) in [6, 6.07) is 14.2. The number of amidine groups is 1. The largest absolute Gasteiger partial charge is 0.493 e. The molecule has 7 heteroatoms. The molecular formula is C20H23N3O4. The van der Waals surface area contributed by atoms with Crippen molar-refractivity contribution in [3.05, 3.63) is 54.1 Å². The highest BCUT2D eigenvalue weighted by molar-refractivity contribution is 5.98. The highest BCUT2D eigenvalue weighted by atomic mass is 16.7. The fourth-order valence-corrected chi connectivity index (χ4v) is 2.92. The predicted octanol–water partition coefficient (Wildman–Crippen LogP) is 3.89. The number of amides is 1. The Morgan fingerprint density at radius 1 is 1.11 bits per heavy atom. The van der Waals surface area contributed by atoms with Crippen molar-refractivity contribution in [1.29, 1.82) is 0 Å². The van der Waals surface area contributed by atoms with Gasteiger partial charge in [-0.05, 0) is 56.0 Å². The van der Waals surface area contributed by atoms with E-state index in [1.54, 1.807) is 49.6 Å². The van der Waals surface area contributed by atoms with E-state index in [9.17, 15) is 4.79 Å². The third-order valence-corrected chi connectivity index (χ3v) is 4.30. The Balaban J connectivity index is 1.66. The molecule has 142 valence electrons. The van der Waals surface area contributed by atoms with Crippen molar-refractivity contribution >= 4 is 17.6 Å². The van der Waals surface area contributed by atoms with Gasteiger partial charge in [0.1, 0.15) is 0 Å². The van der Waals surface area contributed by atoms with Crippen LogP contribution in [-0.2, 0) is 4.84 Å². The molecule has 1 fully saturated rings. The molecule has 0 aliphatic heterocycles. The number of hydrogen-bond donors (Lipinski definition) is 2. The van der Waals surface area contributed by atoms with Gasteiger partial charge in [-0.15, -0.1) is 0 Å². The summed E-state index contributed by atoms with van der Waals surface area (Å²) < 4.78 is 11.4. The number of benzene rings is 2. The Labute approximate surface area is 158 Å². The van der Waals surface area contributed by atoms with Gasteiger partial charge in [0.05, 0.1) is 13.2 Å². The number of nitrogens with two attached hydrogens (primary N) is 1. The lowest BCUT2D eigenvalue weighted by atomic mass is 10.2. The SMILES string of the molecule is COc1ccc(C(N)=NOC(=O)Nc2ccccc2)cc1OC1CCCC1. The van der Waals surface area contributed by atoms with E-state index >= 15 is 0 Å². The van der Waals surface area contributed by atoms with E-state index in [1.807, 2.05) is 6.07 Å². The van der Waals surface area contributed by atoms with Gasteiger partial charge in [0, 0.05) is 11.3 Å². The minimum absolute atomic E-state index is 0.0668. The Morgan fingerprint density at radius 2 is 1.85 bits per heavy atom. The molecule has 0 atom stereocenters. The van der Waals surface area contributed by atoms with Crippen molar-refractivity contribution in [2.24, 2.45) is 10.9 Å². The van der Waals surface area contributed by atoms with Crippen LogP contribution < -0.4 is 20.5 Å². The lowest BCUT2D eigenvalue weighted by Gasteiger charge is -2.16. The topological polar surface area (TPSA) is 95.2 Å². The molecule has 2 aromatic rings. The molecule has 0 aromatic heterocycles. The summed E-state index contributed by atoms with van der Waals surface area (Å²) in [5.74, 6) is 1.30. The third kappa shape index (κ3) is 5.13. The third-order valence-electron chi connectivity index (χ3n) is 4.30. The number of oxime groups is 1. The average molecular weight is 369 g/mol. The highest BCUT2D eigenvalue weighted by Gasteiger charge is 2.19. The second-order valence-electron chi connectivity index (χ2n) is 6.24. The average Bonchev–Trinajstić information content (AvgIpc) is 3.20. The fraction of sp³-hybridized carbons (Fsp3) is 0.300. The number of nitrogens with zero attached hydrogens (tertiary/aromatic N) is 1. The fourth-order valence-electron chi connectivity index (χ4n) is 2.92. The van der Waals surface area contributed by atoms with Gasteiger partial charge in [-0.3, -0.25) is 10.2 Å². The van der Waals surface area contributed by atoms with Gasteiger partial charge >= 0.3 is 6.09 Å². The number of carbonyl (C=O) groups is 1. The zero-order chi connectivity index (χ0) is 19.1. The predicted molar refractivity (Wildman–Crippen MR) is 103 cm³/mol. The van der Waals surface area contributed by atoms with Crippen LogP contribution in [0.1, 0.15) is 31.2 Å². The van der Waals surface area contributed by atoms with Crippen LogP contribution in [0.25, 0.3) is 0 Å². The summed E-state index contributed by atoms with van der Waals surface area (Å²) in [7, 11) is 1.59. The Kier molecular flexibility index (Phi) is 6.14. The maximum atomic E-state index is 11.8. The molecule has 0 saturated heterocycles. The van der Waals surface area contributed by atoms with Crippen molar-refractivity contribution in [3.63, 3.8) is 0 Å². The molecule has 1 aliphatic rings. The van der Waals surface area contributed by atoms with Crippen molar-refractivity contribution in [3.8, 4) is 11.5 Å². The summed E-state index contributed by atoms with van der Waals surface area (Å²) in [4.78, 5) is 16.6. The molecule has 0 bridgehead atoms. The summed E-state index contributed by atoms with van der Waals surface area (Å²) in [6.07, 6.45) is 3.85. The lowest BCUT2D eigenvalue weighted by Crippen LogP contribution is -2.18. The molecule has 3 rings (SSSR count). The number of rotatable bonds is 6. The van der Waals surface area contributed by atoms with Gasteiger partial charge in [0.25, 0.3) is 0 Å². The maximum Gasteiger partial charge on any atom is 0.437 e. The van der Waals surface area contributed by atoms with E-state index in [0.29, 0.717) is 22.7 Å². The van der Waals surface area contributed by atoms with E-state index in [1.165, 1.54) is 12.8 Å². The smallest absolute Gasteiger partial charge is 0.437 e. The number of hydrogen-bond acceptors (Lipinski definition) is 5. The van der Waals surface area contributed by atoms with E-state index in [2.05, 4.69) is 10.5 Å². The minimum atomic E-state index is -0.722. The first-order chi connectivity index (χ1) is 13.2. The number of methoxy groups -OCH3 is 1. The first kappa shape index (κ1) is 18.6. The van der Waals surface area contributed by atoms with Crippen LogP contribution in [0, 0.1) is 0 Å². The van der Waals surface area contributed by atoms with Gasteiger partial charge in [0.2, 0.25) is 0 Å². The van der Waals surface area contributed by atoms with Crippen molar-refractivity contribution < 1.29 is 19.1 Å². The second kappa shape index (κ2) is 8.93. The van der Waals surface area contributed by atoms with Crippen LogP contribution in [0.3, 0.4) is 0 Å². The molecule has 27 heavy (non-hydrogen) atoms. The lowest BCUT2D eigenvalue weighted by molar-refractivity contribution is 0.166. The van der Waals surface area contributed by atoms with Gasteiger partial charge in [-0.1, -0.05) is 23.4 Å². The standard InChI is InChI=1S/C20H23N3O4/c1-25-17-12-11-14(13-18(17)26-16-9-5-6-10-16)19(21)23-27-20(24)22-15-7-3-2-4-8-15/h2-4,7-8,11-13,16H,5-6,9-10H2,1H3,(H2,21,23)(H,22,24). The molecule has 3 N–H and O–H groups in total. The van der Waals surface area contributed by atoms with Gasteiger partial charge in [0.15, 0.2) is 17.3 Å². The molecule has 2 aromatic carbocycles. The zero-order valence-electron chi connectivity index (χ0n) is 15.2. The number of carbonyl (C=O) groups excluding carboxylic acids is 1. The van der Waals surface area contributed by atoms with E-state index in [-0.39, 0.29) is 11.9 Å². The molecule has 1 amide bonds. The van der Waals surface area contributed by atoms with E-state index < -0.39 is 6.09 Å². The molecule has 0 heterocycles. The van der Waals surface area contributed by atoms with Gasteiger partial charge in [-0.2, -0.15) is 0 Å². The minimum Gasteiger partial charge on any atom is -0.493 e. The number of ether oxygens (including phenoxy) is 2. The zero-order valence-corrected chi connectivity index (χ0v) is 15.2. The normalized spacial score (nSPS) is 14.6. The number of para-hydroxylation sites is 1. The molecule has 7 nitrogen and oxygen atoms in total. The van der Waals surface area contributed by atoms with Gasteiger partial charge in [-0.25, -0.2) is 4.79 Å². The van der Waals surface area contributed by atoms with Crippen LogP contribution >= 0.6 is 0 Å². The first-order valence-corrected chi connectivity index (χ1v) is 8.87. The molecular weight excluding hydrogens is 346 g/mol. The van der Waals surface area contributed by atoms with Crippen LogP contribution in [0.5, 0.6) is 11.5 Å². The number of nitrogens with one attached hydrogen (secondary N) is 1. The summed E-state index contributed by atoms with van der Waals surface area (Å²) in [5, 5.41) is 6.26. The maximum absolute atomic E-state index is 11.8. The Bertz CT molecular complexity index is 802.